The Labute approximate surface area is 111 Å². The fraction of sp³-hybridized carbons (Fsp3) is 0.286. The lowest BCUT2D eigenvalue weighted by Crippen LogP contribution is -2.04. The molecular formula is C14H16N2O3. The number of aryl methyl sites for hydroxylation is 1. The molecule has 100 valence electrons. The van der Waals surface area contributed by atoms with Gasteiger partial charge in [-0.2, -0.15) is 0 Å². The van der Waals surface area contributed by atoms with Crippen molar-refractivity contribution >= 4 is 5.97 Å². The van der Waals surface area contributed by atoms with Crippen molar-refractivity contribution in [3.05, 3.63) is 47.5 Å². The molecule has 0 spiro atoms. The lowest BCUT2D eigenvalue weighted by molar-refractivity contribution is -0.136. The number of carbonyl (C=O) groups is 1. The average molecular weight is 260 g/mol. The van der Waals surface area contributed by atoms with Crippen molar-refractivity contribution in [1.29, 1.82) is 0 Å². The van der Waals surface area contributed by atoms with Gasteiger partial charge in [-0.25, -0.2) is 4.98 Å². The molecule has 0 saturated heterocycles. The number of rotatable bonds is 6. The highest BCUT2D eigenvalue weighted by Gasteiger charge is 2.10. The van der Waals surface area contributed by atoms with Gasteiger partial charge in [-0.3, -0.25) is 4.79 Å². The molecular weight excluding hydrogens is 244 g/mol. The Morgan fingerprint density at radius 2 is 2.11 bits per heavy atom. The Hall–Kier alpha value is -2.30. The standard InChI is InChI=1S/C14H16N2O3/c1-10-12(9-14(17)18)16-13(15-10)7-8-19-11-5-3-2-4-6-11/h2-6H,7-9H2,1H3,(H,15,16)(H,17,18). The molecule has 5 heteroatoms. The molecule has 2 aromatic rings. The number of imidazole rings is 1. The van der Waals surface area contributed by atoms with E-state index in [1.54, 1.807) is 0 Å². The zero-order valence-corrected chi connectivity index (χ0v) is 10.7. The van der Waals surface area contributed by atoms with E-state index in [1.807, 2.05) is 37.3 Å². The molecule has 19 heavy (non-hydrogen) atoms. The third-order valence-corrected chi connectivity index (χ3v) is 2.70. The minimum absolute atomic E-state index is 0.0537. The number of carboxylic acid groups (broad SMARTS) is 1. The molecule has 1 aromatic carbocycles. The molecule has 5 nitrogen and oxygen atoms in total. The van der Waals surface area contributed by atoms with Crippen molar-refractivity contribution in [3.8, 4) is 5.75 Å². The Bertz CT molecular complexity index is 549. The number of H-pyrrole nitrogens is 1. The second-order valence-corrected chi connectivity index (χ2v) is 4.24. The van der Waals surface area contributed by atoms with Gasteiger partial charge in [0.05, 0.1) is 18.7 Å². The lowest BCUT2D eigenvalue weighted by atomic mass is 10.3. The maximum Gasteiger partial charge on any atom is 0.309 e. The van der Waals surface area contributed by atoms with Gasteiger partial charge in [-0.15, -0.1) is 0 Å². The second-order valence-electron chi connectivity index (χ2n) is 4.24. The first-order chi connectivity index (χ1) is 9.15. The molecule has 1 aromatic heterocycles. The first kappa shape index (κ1) is 13.1. The van der Waals surface area contributed by atoms with Crippen LogP contribution >= 0.6 is 0 Å². The van der Waals surface area contributed by atoms with E-state index in [4.69, 9.17) is 9.84 Å². The van der Waals surface area contributed by atoms with E-state index >= 15 is 0 Å². The van der Waals surface area contributed by atoms with Gasteiger partial charge < -0.3 is 14.8 Å². The van der Waals surface area contributed by atoms with Gasteiger partial charge >= 0.3 is 5.97 Å². The van der Waals surface area contributed by atoms with Gasteiger partial charge in [0.25, 0.3) is 0 Å². The summed E-state index contributed by atoms with van der Waals surface area (Å²) in [6.45, 7) is 2.33. The summed E-state index contributed by atoms with van der Waals surface area (Å²) in [6, 6.07) is 9.54. The number of benzene rings is 1. The van der Waals surface area contributed by atoms with Crippen LogP contribution in [-0.4, -0.2) is 27.7 Å². The van der Waals surface area contributed by atoms with Crippen LogP contribution in [0.25, 0.3) is 0 Å². The Morgan fingerprint density at radius 1 is 1.37 bits per heavy atom. The minimum atomic E-state index is -0.873. The number of aromatic nitrogens is 2. The van der Waals surface area contributed by atoms with E-state index < -0.39 is 5.97 Å². The van der Waals surface area contributed by atoms with E-state index in [2.05, 4.69) is 9.97 Å². The van der Waals surface area contributed by atoms with Crippen LogP contribution in [0, 0.1) is 6.92 Å². The highest BCUT2D eigenvalue weighted by atomic mass is 16.5. The number of nitrogens with zero attached hydrogens (tertiary/aromatic N) is 1. The quantitative estimate of drug-likeness (QED) is 0.832. The van der Waals surface area contributed by atoms with Gasteiger partial charge in [0.2, 0.25) is 0 Å². The van der Waals surface area contributed by atoms with Crippen LogP contribution in [0.2, 0.25) is 0 Å². The normalized spacial score (nSPS) is 10.4. The molecule has 1 heterocycles. The highest BCUT2D eigenvalue weighted by molar-refractivity contribution is 5.69. The smallest absolute Gasteiger partial charge is 0.309 e. The van der Waals surface area contributed by atoms with Crippen molar-refractivity contribution in [3.63, 3.8) is 0 Å². The highest BCUT2D eigenvalue weighted by Crippen LogP contribution is 2.10. The summed E-state index contributed by atoms with van der Waals surface area (Å²) in [5.41, 5.74) is 1.39. The summed E-state index contributed by atoms with van der Waals surface area (Å²) in [5.74, 6) is 0.697. The first-order valence-corrected chi connectivity index (χ1v) is 6.09. The Balaban J connectivity index is 1.88. The molecule has 0 aliphatic rings. The molecule has 0 aliphatic carbocycles. The molecule has 0 amide bonds. The zero-order valence-electron chi connectivity index (χ0n) is 10.7. The molecule has 0 saturated carbocycles. The van der Waals surface area contributed by atoms with Crippen molar-refractivity contribution in [2.45, 2.75) is 19.8 Å². The van der Waals surface area contributed by atoms with Gasteiger partial charge in [0.1, 0.15) is 11.6 Å². The molecule has 2 rings (SSSR count). The zero-order chi connectivity index (χ0) is 13.7. The van der Waals surface area contributed by atoms with Crippen LogP contribution in [0.5, 0.6) is 5.75 Å². The number of carboxylic acids is 1. The summed E-state index contributed by atoms with van der Waals surface area (Å²) in [6.07, 6.45) is 0.567. The Morgan fingerprint density at radius 3 is 2.79 bits per heavy atom. The first-order valence-electron chi connectivity index (χ1n) is 6.09. The van der Waals surface area contributed by atoms with Crippen LogP contribution in [0.3, 0.4) is 0 Å². The summed E-state index contributed by atoms with van der Waals surface area (Å²) >= 11 is 0. The number of aromatic amines is 1. The number of hydrogen-bond donors (Lipinski definition) is 2. The lowest BCUT2D eigenvalue weighted by Gasteiger charge is -2.03. The van der Waals surface area contributed by atoms with E-state index in [9.17, 15) is 4.79 Å². The predicted octanol–water partition coefficient (Wildman–Crippen LogP) is 1.97. The fourth-order valence-electron chi connectivity index (χ4n) is 1.78. The summed E-state index contributed by atoms with van der Waals surface area (Å²) in [5, 5.41) is 8.75. The Kier molecular flexibility index (Phi) is 4.18. The largest absolute Gasteiger partial charge is 0.493 e. The second kappa shape index (κ2) is 6.04. The van der Waals surface area contributed by atoms with Crippen molar-refractivity contribution in [1.82, 2.24) is 9.97 Å². The van der Waals surface area contributed by atoms with Crippen LogP contribution < -0.4 is 4.74 Å². The minimum Gasteiger partial charge on any atom is -0.493 e. The van der Waals surface area contributed by atoms with E-state index in [-0.39, 0.29) is 6.42 Å². The average Bonchev–Trinajstić information content (AvgIpc) is 2.70. The predicted molar refractivity (Wildman–Crippen MR) is 70.3 cm³/mol. The van der Waals surface area contributed by atoms with Crippen LogP contribution in [0.15, 0.2) is 30.3 Å². The number of hydrogen-bond acceptors (Lipinski definition) is 3. The third kappa shape index (κ3) is 3.84. The number of para-hydroxylation sites is 1. The van der Waals surface area contributed by atoms with Crippen LogP contribution in [0.1, 0.15) is 17.2 Å². The third-order valence-electron chi connectivity index (χ3n) is 2.70. The van der Waals surface area contributed by atoms with Crippen molar-refractivity contribution in [2.24, 2.45) is 0 Å². The van der Waals surface area contributed by atoms with E-state index in [0.29, 0.717) is 18.7 Å². The molecule has 0 radical (unpaired) electrons. The van der Waals surface area contributed by atoms with E-state index in [0.717, 1.165) is 17.3 Å². The number of aliphatic carboxylic acids is 1. The maximum atomic E-state index is 10.7. The topological polar surface area (TPSA) is 75.2 Å². The molecule has 0 bridgehead atoms. The summed E-state index contributed by atoms with van der Waals surface area (Å²) < 4.78 is 5.56. The van der Waals surface area contributed by atoms with Gasteiger partial charge in [-0.05, 0) is 19.1 Å². The number of nitrogens with one attached hydrogen (secondary N) is 1. The molecule has 0 aliphatic heterocycles. The van der Waals surface area contributed by atoms with Crippen LogP contribution in [-0.2, 0) is 17.6 Å². The van der Waals surface area contributed by atoms with Crippen LogP contribution in [0.4, 0.5) is 0 Å². The fourth-order valence-corrected chi connectivity index (χ4v) is 1.78. The van der Waals surface area contributed by atoms with Crippen molar-refractivity contribution < 1.29 is 14.6 Å². The molecule has 0 fully saturated rings. The van der Waals surface area contributed by atoms with Gasteiger partial charge in [0.15, 0.2) is 0 Å². The molecule has 0 atom stereocenters. The molecule has 0 unspecified atom stereocenters. The van der Waals surface area contributed by atoms with Gasteiger partial charge in [0, 0.05) is 12.1 Å². The summed E-state index contributed by atoms with van der Waals surface area (Å²) in [7, 11) is 0. The molecule has 2 N–H and O–H groups in total. The maximum absolute atomic E-state index is 10.7. The monoisotopic (exact) mass is 260 g/mol. The SMILES string of the molecule is Cc1[nH]c(CCOc2ccccc2)nc1CC(=O)O. The van der Waals surface area contributed by atoms with Gasteiger partial charge in [-0.1, -0.05) is 18.2 Å². The van der Waals surface area contributed by atoms with Crippen molar-refractivity contribution in [2.75, 3.05) is 6.61 Å². The number of ether oxygens (including phenoxy) is 1. The van der Waals surface area contributed by atoms with E-state index in [1.165, 1.54) is 0 Å². The summed E-state index contributed by atoms with van der Waals surface area (Å²) in [4.78, 5) is 18.0.